The van der Waals surface area contributed by atoms with Gasteiger partial charge in [-0.15, -0.1) is 0 Å². The molecule has 1 saturated heterocycles. The lowest BCUT2D eigenvalue weighted by molar-refractivity contribution is 0.00904. The Bertz CT molecular complexity index is 441. The molecule has 2 heterocycles. The average molecular weight is 247 g/mol. The van der Waals surface area contributed by atoms with E-state index in [1.807, 2.05) is 6.20 Å². The molecule has 2 aliphatic rings. The van der Waals surface area contributed by atoms with Gasteiger partial charge in [0.1, 0.15) is 5.60 Å². The van der Waals surface area contributed by atoms with Crippen LogP contribution in [-0.2, 0) is 23.2 Å². The van der Waals surface area contributed by atoms with E-state index in [4.69, 9.17) is 15.5 Å². The number of hydrogen-bond donors (Lipinski definition) is 1. The summed E-state index contributed by atoms with van der Waals surface area (Å²) in [6.45, 7) is 3.70. The lowest BCUT2D eigenvalue weighted by Crippen LogP contribution is -2.27. The van der Waals surface area contributed by atoms with Gasteiger partial charge in [0.2, 0.25) is 0 Å². The highest BCUT2D eigenvalue weighted by Crippen LogP contribution is 2.34. The highest BCUT2D eigenvalue weighted by Gasteiger charge is 2.35. The van der Waals surface area contributed by atoms with Gasteiger partial charge < -0.3 is 10.5 Å². The molecule has 1 aromatic rings. The normalized spacial score (nSPS) is 31.3. The Morgan fingerprint density at radius 3 is 3.17 bits per heavy atom. The van der Waals surface area contributed by atoms with Gasteiger partial charge in [-0.25, -0.2) is 9.97 Å². The van der Waals surface area contributed by atoms with Crippen LogP contribution >= 0.6 is 0 Å². The first-order valence-corrected chi connectivity index (χ1v) is 6.90. The summed E-state index contributed by atoms with van der Waals surface area (Å²) in [6.07, 6.45) is 7.33. The van der Waals surface area contributed by atoms with Gasteiger partial charge in [-0.1, -0.05) is 0 Å². The molecular formula is C14H21N3O. The number of nitrogens with two attached hydrogens (primary N) is 1. The number of aromatic nitrogens is 2. The first-order chi connectivity index (χ1) is 8.71. The van der Waals surface area contributed by atoms with Crippen LogP contribution in [0.1, 0.15) is 43.3 Å². The molecule has 1 aliphatic heterocycles. The van der Waals surface area contributed by atoms with E-state index in [1.54, 1.807) is 0 Å². The SMILES string of the molecule is CC1(c2ncc3c(n2)CCC(CN)C3)CCCO1. The van der Waals surface area contributed by atoms with Crippen LogP contribution < -0.4 is 5.73 Å². The molecule has 1 fully saturated rings. The Kier molecular flexibility index (Phi) is 3.08. The molecule has 1 aromatic heterocycles. The molecule has 2 unspecified atom stereocenters. The predicted octanol–water partition coefficient (Wildman–Crippen LogP) is 1.57. The summed E-state index contributed by atoms with van der Waals surface area (Å²) in [6, 6.07) is 0. The standard InChI is InChI=1S/C14H21N3O/c1-14(5-2-6-18-14)13-16-9-11-7-10(8-15)3-4-12(11)17-13/h9-10H,2-8,15H2,1H3. The maximum Gasteiger partial charge on any atom is 0.160 e. The van der Waals surface area contributed by atoms with Crippen molar-refractivity contribution in [3.05, 3.63) is 23.3 Å². The van der Waals surface area contributed by atoms with E-state index in [0.29, 0.717) is 5.92 Å². The second kappa shape index (κ2) is 4.59. The van der Waals surface area contributed by atoms with Crippen molar-refractivity contribution in [1.29, 1.82) is 0 Å². The zero-order valence-electron chi connectivity index (χ0n) is 11.0. The molecule has 4 heteroatoms. The smallest absolute Gasteiger partial charge is 0.160 e. The Labute approximate surface area is 108 Å². The fraction of sp³-hybridized carbons (Fsp3) is 0.714. The zero-order chi connectivity index (χ0) is 12.6. The fourth-order valence-corrected chi connectivity index (χ4v) is 2.99. The number of fused-ring (bicyclic) bond motifs is 1. The summed E-state index contributed by atoms with van der Waals surface area (Å²) in [4.78, 5) is 9.30. The highest BCUT2D eigenvalue weighted by molar-refractivity contribution is 5.23. The quantitative estimate of drug-likeness (QED) is 0.861. The number of nitrogens with zero attached hydrogens (tertiary/aromatic N) is 2. The summed E-state index contributed by atoms with van der Waals surface area (Å²) in [7, 11) is 0. The molecule has 0 spiro atoms. The number of rotatable bonds is 2. The Hall–Kier alpha value is -1.00. The molecule has 0 bridgehead atoms. The summed E-state index contributed by atoms with van der Waals surface area (Å²) in [5.74, 6) is 1.47. The monoisotopic (exact) mass is 247 g/mol. The third-order valence-electron chi connectivity index (χ3n) is 4.28. The third kappa shape index (κ3) is 2.04. The largest absolute Gasteiger partial charge is 0.367 e. The molecule has 2 N–H and O–H groups in total. The van der Waals surface area contributed by atoms with Crippen LogP contribution in [0.25, 0.3) is 0 Å². The lowest BCUT2D eigenvalue weighted by atomic mass is 9.87. The lowest BCUT2D eigenvalue weighted by Gasteiger charge is -2.26. The molecule has 4 nitrogen and oxygen atoms in total. The van der Waals surface area contributed by atoms with Crippen molar-refractivity contribution in [1.82, 2.24) is 9.97 Å². The third-order valence-corrected chi connectivity index (χ3v) is 4.28. The maximum absolute atomic E-state index is 5.81. The van der Waals surface area contributed by atoms with Crippen LogP contribution in [-0.4, -0.2) is 23.1 Å². The van der Waals surface area contributed by atoms with Crippen molar-refractivity contribution in [2.24, 2.45) is 11.7 Å². The Morgan fingerprint density at radius 2 is 2.44 bits per heavy atom. The molecule has 98 valence electrons. The van der Waals surface area contributed by atoms with E-state index in [1.165, 1.54) is 11.3 Å². The zero-order valence-corrected chi connectivity index (χ0v) is 11.0. The van der Waals surface area contributed by atoms with Crippen molar-refractivity contribution >= 4 is 0 Å². The van der Waals surface area contributed by atoms with Gasteiger partial charge in [0.25, 0.3) is 0 Å². The number of ether oxygens (including phenoxy) is 1. The van der Waals surface area contributed by atoms with Crippen molar-refractivity contribution in [3.8, 4) is 0 Å². The van der Waals surface area contributed by atoms with Crippen molar-refractivity contribution < 1.29 is 4.74 Å². The van der Waals surface area contributed by atoms with Crippen molar-refractivity contribution in [2.75, 3.05) is 13.2 Å². The minimum atomic E-state index is -0.264. The van der Waals surface area contributed by atoms with Crippen LogP contribution in [0, 0.1) is 5.92 Å². The summed E-state index contributed by atoms with van der Waals surface area (Å²) >= 11 is 0. The molecular weight excluding hydrogens is 226 g/mol. The second-order valence-electron chi connectivity index (χ2n) is 5.69. The minimum absolute atomic E-state index is 0.264. The van der Waals surface area contributed by atoms with E-state index in [-0.39, 0.29) is 5.60 Å². The van der Waals surface area contributed by atoms with E-state index in [9.17, 15) is 0 Å². The van der Waals surface area contributed by atoms with E-state index in [2.05, 4.69) is 11.9 Å². The summed E-state index contributed by atoms with van der Waals surface area (Å²) in [5.41, 5.74) is 7.98. The topological polar surface area (TPSA) is 61.0 Å². The maximum atomic E-state index is 5.81. The molecule has 2 atom stereocenters. The van der Waals surface area contributed by atoms with E-state index < -0.39 is 0 Å². The van der Waals surface area contributed by atoms with Gasteiger partial charge in [0.05, 0.1) is 0 Å². The van der Waals surface area contributed by atoms with Crippen LogP contribution in [0.5, 0.6) is 0 Å². The Morgan fingerprint density at radius 1 is 1.56 bits per heavy atom. The molecule has 0 aromatic carbocycles. The number of aryl methyl sites for hydroxylation is 1. The fourth-order valence-electron chi connectivity index (χ4n) is 2.99. The number of hydrogen-bond acceptors (Lipinski definition) is 4. The van der Waals surface area contributed by atoms with Gasteiger partial charge in [-0.3, -0.25) is 0 Å². The van der Waals surface area contributed by atoms with Gasteiger partial charge in [-0.2, -0.15) is 0 Å². The van der Waals surface area contributed by atoms with Gasteiger partial charge in [0, 0.05) is 18.5 Å². The second-order valence-corrected chi connectivity index (χ2v) is 5.69. The van der Waals surface area contributed by atoms with Crippen molar-refractivity contribution in [3.63, 3.8) is 0 Å². The van der Waals surface area contributed by atoms with Crippen molar-refractivity contribution in [2.45, 2.75) is 44.6 Å². The average Bonchev–Trinajstić information content (AvgIpc) is 2.85. The van der Waals surface area contributed by atoms with Crippen LogP contribution in [0.2, 0.25) is 0 Å². The highest BCUT2D eigenvalue weighted by atomic mass is 16.5. The van der Waals surface area contributed by atoms with Crippen LogP contribution in [0.15, 0.2) is 6.20 Å². The Balaban J connectivity index is 1.88. The molecule has 3 rings (SSSR count). The molecule has 18 heavy (non-hydrogen) atoms. The molecule has 0 radical (unpaired) electrons. The van der Waals surface area contributed by atoms with Gasteiger partial charge in [-0.05, 0) is 57.1 Å². The van der Waals surface area contributed by atoms with Crippen LogP contribution in [0.4, 0.5) is 0 Å². The summed E-state index contributed by atoms with van der Waals surface area (Å²) in [5, 5.41) is 0. The van der Waals surface area contributed by atoms with Crippen LogP contribution in [0.3, 0.4) is 0 Å². The van der Waals surface area contributed by atoms with E-state index in [0.717, 1.165) is 51.1 Å². The molecule has 0 saturated carbocycles. The minimum Gasteiger partial charge on any atom is -0.367 e. The van der Waals surface area contributed by atoms with Gasteiger partial charge in [0.15, 0.2) is 5.82 Å². The predicted molar refractivity (Wildman–Crippen MR) is 69.1 cm³/mol. The van der Waals surface area contributed by atoms with Gasteiger partial charge >= 0.3 is 0 Å². The first kappa shape index (κ1) is 12.1. The van der Waals surface area contributed by atoms with E-state index >= 15 is 0 Å². The first-order valence-electron chi connectivity index (χ1n) is 6.90. The summed E-state index contributed by atoms with van der Waals surface area (Å²) < 4.78 is 5.81. The molecule has 0 amide bonds. The molecule has 1 aliphatic carbocycles.